The Balaban J connectivity index is 2.81. The van der Waals surface area contributed by atoms with Gasteiger partial charge in [0.15, 0.2) is 0 Å². The molecular weight excluding hydrogens is 396 g/mol. The van der Waals surface area contributed by atoms with Crippen LogP contribution in [0.3, 0.4) is 0 Å². The quantitative estimate of drug-likeness (QED) is 0.192. The van der Waals surface area contributed by atoms with Crippen LogP contribution in [0.15, 0.2) is 24.3 Å². The number of amides is 2. The van der Waals surface area contributed by atoms with E-state index in [1.165, 1.54) is 24.3 Å². The number of nitrogens with one attached hydrogen (secondary N) is 2. The molecule has 0 aliphatic carbocycles. The number of phenolic OH excluding ortho intramolecular Hbond substituents is 1. The summed E-state index contributed by atoms with van der Waals surface area (Å²) in [6.45, 7) is 0.440. The highest BCUT2D eigenvalue weighted by Crippen LogP contribution is 2.12. The molecule has 0 fully saturated rings. The number of nitrogens with two attached hydrogens (primary N) is 2. The summed E-state index contributed by atoms with van der Waals surface area (Å²) < 4.78 is 0. The zero-order valence-corrected chi connectivity index (χ0v) is 16.4. The zero-order valence-electron chi connectivity index (χ0n) is 16.4. The van der Waals surface area contributed by atoms with Gasteiger partial charge in [0.1, 0.15) is 17.8 Å². The minimum absolute atomic E-state index is 0.00157. The van der Waals surface area contributed by atoms with Gasteiger partial charge in [-0.15, -0.1) is 0 Å². The van der Waals surface area contributed by atoms with Crippen LogP contribution in [0.5, 0.6) is 5.75 Å². The summed E-state index contributed by atoms with van der Waals surface area (Å²) in [5.41, 5.74) is 11.7. The highest BCUT2D eigenvalue weighted by molar-refractivity contribution is 5.93. The predicted octanol–water partition coefficient (Wildman–Crippen LogP) is -1.08. The number of aliphatic carboxylic acids is 2. The first kappa shape index (κ1) is 24.9. The van der Waals surface area contributed by atoms with E-state index in [1.807, 2.05) is 0 Å². The molecule has 0 saturated heterocycles. The molecule has 1 rings (SSSR count). The molecule has 9 N–H and O–H groups in total. The molecule has 1 aromatic carbocycles. The number of benzene rings is 1. The van der Waals surface area contributed by atoms with Crippen LogP contribution in [-0.2, 0) is 25.6 Å². The molecule has 0 aliphatic rings. The van der Waals surface area contributed by atoms with Crippen molar-refractivity contribution in [3.63, 3.8) is 0 Å². The van der Waals surface area contributed by atoms with Gasteiger partial charge in [-0.1, -0.05) is 18.6 Å². The van der Waals surface area contributed by atoms with Crippen molar-refractivity contribution >= 4 is 23.8 Å². The third-order valence-electron chi connectivity index (χ3n) is 4.31. The average molecular weight is 424 g/mol. The van der Waals surface area contributed by atoms with E-state index in [0.717, 1.165) is 0 Å². The normalized spacial score (nSPS) is 13.7. The Kier molecular flexibility index (Phi) is 10.3. The summed E-state index contributed by atoms with van der Waals surface area (Å²) in [5.74, 6) is -4.35. The third kappa shape index (κ3) is 8.88. The van der Waals surface area contributed by atoms with Crippen LogP contribution in [0, 0.1) is 0 Å². The van der Waals surface area contributed by atoms with E-state index < -0.39 is 48.3 Å². The first-order chi connectivity index (χ1) is 14.1. The number of carboxylic acid groups (broad SMARTS) is 2. The van der Waals surface area contributed by atoms with E-state index in [9.17, 15) is 29.4 Å². The van der Waals surface area contributed by atoms with Crippen molar-refractivity contribution in [3.05, 3.63) is 29.8 Å². The van der Waals surface area contributed by atoms with Crippen molar-refractivity contribution in [2.45, 2.75) is 50.2 Å². The second-order valence-corrected chi connectivity index (χ2v) is 6.82. The summed E-state index contributed by atoms with van der Waals surface area (Å²) in [5, 5.41) is 32.3. The number of hydrogen-bond acceptors (Lipinski definition) is 7. The fourth-order valence-electron chi connectivity index (χ4n) is 2.64. The number of aromatic hydroxyl groups is 1. The van der Waals surface area contributed by atoms with Crippen molar-refractivity contribution in [1.29, 1.82) is 0 Å². The van der Waals surface area contributed by atoms with Gasteiger partial charge < -0.3 is 37.4 Å². The van der Waals surface area contributed by atoms with E-state index in [1.54, 1.807) is 0 Å². The Morgan fingerprint density at radius 1 is 0.933 bits per heavy atom. The molecule has 166 valence electrons. The molecule has 2 amide bonds. The first-order valence-electron chi connectivity index (χ1n) is 9.43. The summed E-state index contributed by atoms with van der Waals surface area (Å²) in [7, 11) is 0. The molecule has 11 nitrogen and oxygen atoms in total. The van der Waals surface area contributed by atoms with Crippen LogP contribution >= 0.6 is 0 Å². The highest BCUT2D eigenvalue weighted by atomic mass is 16.4. The largest absolute Gasteiger partial charge is 0.508 e. The Morgan fingerprint density at radius 3 is 2.07 bits per heavy atom. The number of rotatable bonds is 13. The lowest BCUT2D eigenvalue weighted by Crippen LogP contribution is -2.55. The second-order valence-electron chi connectivity index (χ2n) is 6.82. The molecule has 1 aromatic rings. The molecular formula is C19H28N4O7. The standard InChI is InChI=1S/C19H28N4O7/c20-8-2-1-3-13(21)17(27)22-14(10-16(25)26)18(28)23-15(19(29)30)9-11-4-6-12(24)7-5-11/h4-7,13-15,24H,1-3,8-10,20-21H2,(H,22,27)(H,23,28)(H,25,26)(H,29,30)/t13-,14-,15-/m0/s1. The van der Waals surface area contributed by atoms with Gasteiger partial charge in [0.05, 0.1) is 12.5 Å². The molecule has 0 saturated carbocycles. The van der Waals surface area contributed by atoms with Crippen molar-refractivity contribution in [2.24, 2.45) is 11.5 Å². The number of carbonyl (C=O) groups excluding carboxylic acids is 2. The van der Waals surface area contributed by atoms with Gasteiger partial charge in [-0.2, -0.15) is 0 Å². The van der Waals surface area contributed by atoms with Crippen molar-refractivity contribution in [3.8, 4) is 5.75 Å². The fourth-order valence-corrected chi connectivity index (χ4v) is 2.64. The average Bonchev–Trinajstić information content (AvgIpc) is 2.68. The fraction of sp³-hybridized carbons (Fsp3) is 0.474. The van der Waals surface area contributed by atoms with Crippen LogP contribution in [0.1, 0.15) is 31.2 Å². The summed E-state index contributed by atoms with van der Waals surface area (Å²) in [6.07, 6.45) is 0.724. The lowest BCUT2D eigenvalue weighted by molar-refractivity contribution is -0.143. The molecule has 0 spiro atoms. The van der Waals surface area contributed by atoms with E-state index in [0.29, 0.717) is 31.4 Å². The maximum atomic E-state index is 12.5. The SMILES string of the molecule is NCCCC[C@H](N)C(=O)N[C@@H](CC(=O)O)C(=O)N[C@@H](Cc1ccc(O)cc1)C(=O)O. The zero-order chi connectivity index (χ0) is 22.7. The molecule has 0 aromatic heterocycles. The van der Waals surface area contributed by atoms with E-state index in [2.05, 4.69) is 10.6 Å². The van der Waals surface area contributed by atoms with E-state index in [4.69, 9.17) is 16.6 Å². The number of phenols is 1. The Bertz CT molecular complexity index is 739. The minimum Gasteiger partial charge on any atom is -0.508 e. The molecule has 3 atom stereocenters. The maximum absolute atomic E-state index is 12.5. The molecule has 0 heterocycles. The van der Waals surface area contributed by atoms with Crippen LogP contribution in [0.25, 0.3) is 0 Å². The lowest BCUT2D eigenvalue weighted by atomic mass is 10.0. The third-order valence-corrected chi connectivity index (χ3v) is 4.31. The van der Waals surface area contributed by atoms with E-state index >= 15 is 0 Å². The second kappa shape index (κ2) is 12.4. The highest BCUT2D eigenvalue weighted by Gasteiger charge is 2.29. The topological polar surface area (TPSA) is 205 Å². The number of carboxylic acids is 2. The molecule has 0 radical (unpaired) electrons. The first-order valence-corrected chi connectivity index (χ1v) is 9.43. The molecule has 0 bridgehead atoms. The number of carbonyl (C=O) groups is 4. The Hall–Kier alpha value is -3.18. The smallest absolute Gasteiger partial charge is 0.326 e. The predicted molar refractivity (Wildman–Crippen MR) is 106 cm³/mol. The molecule has 11 heteroatoms. The van der Waals surface area contributed by atoms with Crippen LogP contribution in [0.2, 0.25) is 0 Å². The van der Waals surface area contributed by atoms with Gasteiger partial charge in [-0.3, -0.25) is 14.4 Å². The van der Waals surface area contributed by atoms with Crippen molar-refractivity contribution in [2.75, 3.05) is 6.54 Å². The lowest BCUT2D eigenvalue weighted by Gasteiger charge is -2.22. The van der Waals surface area contributed by atoms with Gasteiger partial charge in [-0.05, 0) is 37.1 Å². The van der Waals surface area contributed by atoms with Crippen molar-refractivity contribution in [1.82, 2.24) is 10.6 Å². The summed E-state index contributed by atoms with van der Waals surface area (Å²) in [6, 6.07) is 1.92. The Labute approximate surface area is 173 Å². The minimum atomic E-state index is -1.49. The molecule has 30 heavy (non-hydrogen) atoms. The van der Waals surface area contributed by atoms with Gasteiger partial charge in [0.25, 0.3) is 0 Å². The van der Waals surface area contributed by atoms with Crippen LogP contribution in [-0.4, -0.2) is 63.7 Å². The molecule has 0 unspecified atom stereocenters. The Morgan fingerprint density at radius 2 is 1.53 bits per heavy atom. The summed E-state index contributed by atoms with van der Waals surface area (Å²) in [4.78, 5) is 47.3. The monoisotopic (exact) mass is 424 g/mol. The van der Waals surface area contributed by atoms with Crippen LogP contribution in [0.4, 0.5) is 0 Å². The van der Waals surface area contributed by atoms with Gasteiger partial charge in [0, 0.05) is 6.42 Å². The maximum Gasteiger partial charge on any atom is 0.326 e. The van der Waals surface area contributed by atoms with Crippen molar-refractivity contribution < 1.29 is 34.5 Å². The van der Waals surface area contributed by atoms with Gasteiger partial charge in [0.2, 0.25) is 11.8 Å². The summed E-state index contributed by atoms with van der Waals surface area (Å²) >= 11 is 0. The number of hydrogen-bond donors (Lipinski definition) is 7. The number of unbranched alkanes of at least 4 members (excludes halogenated alkanes) is 1. The van der Waals surface area contributed by atoms with Gasteiger partial charge >= 0.3 is 11.9 Å². The van der Waals surface area contributed by atoms with E-state index in [-0.39, 0.29) is 12.2 Å². The molecule has 0 aliphatic heterocycles. The van der Waals surface area contributed by atoms with Crippen LogP contribution < -0.4 is 22.1 Å². The van der Waals surface area contributed by atoms with Gasteiger partial charge in [-0.25, -0.2) is 4.79 Å².